The number of rotatable bonds is 11. The summed E-state index contributed by atoms with van der Waals surface area (Å²) in [5.74, 6) is 0.735. The molecular weight excluding hydrogens is 437 g/mol. The van der Waals surface area contributed by atoms with E-state index in [1.54, 1.807) is 18.2 Å². The average molecular weight is 465 g/mol. The molecule has 0 aliphatic heterocycles. The van der Waals surface area contributed by atoms with Crippen molar-refractivity contribution in [2.24, 2.45) is 4.99 Å². The number of nitrogens with zero attached hydrogens (tertiary/aromatic N) is 2. The lowest BCUT2D eigenvalue weighted by molar-refractivity contribution is -0.384. The molecule has 0 amide bonds. The molecule has 0 aliphatic rings. The Labute approximate surface area is 166 Å². The van der Waals surface area contributed by atoms with Crippen LogP contribution in [0.2, 0.25) is 0 Å². The third-order valence-corrected chi connectivity index (χ3v) is 3.10. The third-order valence-electron chi connectivity index (χ3n) is 3.10. The quantitative estimate of drug-likeness (QED) is 0.116. The van der Waals surface area contributed by atoms with Gasteiger partial charge in [-0.15, -0.1) is 24.0 Å². The molecule has 142 valence electrons. The number of nitro benzene ring substituents is 1. The Kier molecular flexibility index (Phi) is 13.7. The molecule has 3 N–H and O–H groups in total. The normalized spacial score (nSPS) is 10.7. The summed E-state index contributed by atoms with van der Waals surface area (Å²) in [7, 11) is 0. The molecule has 0 bridgehead atoms. The number of ether oxygens (including phenoxy) is 1. The molecule has 0 heterocycles. The van der Waals surface area contributed by atoms with E-state index < -0.39 is 0 Å². The van der Waals surface area contributed by atoms with Crippen LogP contribution in [0.25, 0.3) is 0 Å². The van der Waals surface area contributed by atoms with Gasteiger partial charge in [0.05, 0.1) is 4.92 Å². The first-order chi connectivity index (χ1) is 11.7. The predicted molar refractivity (Wildman–Crippen MR) is 112 cm³/mol. The zero-order chi connectivity index (χ0) is 17.6. The van der Waals surface area contributed by atoms with E-state index in [-0.39, 0.29) is 34.6 Å². The molecule has 0 aliphatic carbocycles. The van der Waals surface area contributed by atoms with Crippen molar-refractivity contribution < 1.29 is 9.66 Å². The first-order valence-corrected chi connectivity index (χ1v) is 8.26. The Bertz CT molecular complexity index is 528. The number of hydrogen-bond donors (Lipinski definition) is 3. The topological polar surface area (TPSA) is 101 Å². The highest BCUT2D eigenvalue weighted by Crippen LogP contribution is 2.22. The van der Waals surface area contributed by atoms with Crippen molar-refractivity contribution in [1.82, 2.24) is 10.6 Å². The lowest BCUT2D eigenvalue weighted by Crippen LogP contribution is -2.39. The zero-order valence-electron chi connectivity index (χ0n) is 14.8. The molecule has 0 aromatic heterocycles. The van der Waals surface area contributed by atoms with Crippen LogP contribution < -0.4 is 16.0 Å². The van der Waals surface area contributed by atoms with Gasteiger partial charge in [-0.05, 0) is 26.3 Å². The van der Waals surface area contributed by atoms with Gasteiger partial charge in [-0.2, -0.15) is 0 Å². The average Bonchev–Trinajstić information content (AvgIpc) is 2.58. The molecule has 25 heavy (non-hydrogen) atoms. The zero-order valence-corrected chi connectivity index (χ0v) is 17.1. The minimum Gasteiger partial charge on any atom is -0.382 e. The number of anilines is 1. The lowest BCUT2D eigenvalue weighted by Gasteiger charge is -2.12. The Morgan fingerprint density at radius 3 is 2.68 bits per heavy atom. The number of guanidine groups is 1. The lowest BCUT2D eigenvalue weighted by atomic mass is 10.2. The number of nitrogens with one attached hydrogen (secondary N) is 3. The number of nitro groups is 1. The SMILES string of the molecule is CCNC(=NCCCOCC)NCCNc1ccccc1[N+](=O)[O-].I. The van der Waals surface area contributed by atoms with Crippen LogP contribution >= 0.6 is 24.0 Å². The van der Waals surface area contributed by atoms with Crippen LogP contribution in [-0.4, -0.2) is 50.3 Å². The van der Waals surface area contributed by atoms with Gasteiger partial charge in [0.2, 0.25) is 0 Å². The molecule has 1 rings (SSSR count). The van der Waals surface area contributed by atoms with Crippen LogP contribution in [0.15, 0.2) is 29.3 Å². The van der Waals surface area contributed by atoms with E-state index in [0.29, 0.717) is 31.9 Å². The Morgan fingerprint density at radius 2 is 2.00 bits per heavy atom. The summed E-state index contributed by atoms with van der Waals surface area (Å²) in [6.07, 6.45) is 0.874. The highest BCUT2D eigenvalue weighted by atomic mass is 127. The maximum Gasteiger partial charge on any atom is 0.292 e. The van der Waals surface area contributed by atoms with Crippen LogP contribution in [0.1, 0.15) is 20.3 Å². The summed E-state index contributed by atoms with van der Waals surface area (Å²) < 4.78 is 5.28. The molecule has 8 nitrogen and oxygen atoms in total. The second kappa shape index (κ2) is 14.7. The summed E-state index contributed by atoms with van der Waals surface area (Å²) >= 11 is 0. The molecule has 9 heteroatoms. The van der Waals surface area contributed by atoms with Crippen molar-refractivity contribution in [2.45, 2.75) is 20.3 Å². The van der Waals surface area contributed by atoms with E-state index in [0.717, 1.165) is 25.5 Å². The molecule has 0 radical (unpaired) electrons. The molecule has 0 fully saturated rings. The van der Waals surface area contributed by atoms with Crippen molar-refractivity contribution in [3.05, 3.63) is 34.4 Å². The standard InChI is InChI=1S/C16H27N5O3.HI/c1-3-17-16(19-10-7-13-24-4-2)20-12-11-18-14-8-5-6-9-15(14)21(22)23;/h5-6,8-9,18H,3-4,7,10-13H2,1-2H3,(H2,17,19,20);1H. The third kappa shape index (κ3) is 10.1. The number of para-hydroxylation sites is 2. The van der Waals surface area contributed by atoms with Gasteiger partial charge in [-0.3, -0.25) is 15.1 Å². The van der Waals surface area contributed by atoms with E-state index >= 15 is 0 Å². The molecular formula is C16H28IN5O3. The number of aliphatic imine (C=N–C) groups is 1. The van der Waals surface area contributed by atoms with Crippen LogP contribution in [0.3, 0.4) is 0 Å². The number of hydrogen-bond acceptors (Lipinski definition) is 5. The van der Waals surface area contributed by atoms with E-state index in [4.69, 9.17) is 4.74 Å². The highest BCUT2D eigenvalue weighted by Gasteiger charge is 2.11. The van der Waals surface area contributed by atoms with Crippen LogP contribution in [0.4, 0.5) is 11.4 Å². The Morgan fingerprint density at radius 1 is 1.24 bits per heavy atom. The van der Waals surface area contributed by atoms with Crippen molar-refractivity contribution in [3.63, 3.8) is 0 Å². The largest absolute Gasteiger partial charge is 0.382 e. The molecule has 0 saturated heterocycles. The summed E-state index contributed by atoms with van der Waals surface area (Å²) in [6.45, 7) is 8.01. The van der Waals surface area contributed by atoms with Gasteiger partial charge in [0.15, 0.2) is 5.96 Å². The predicted octanol–water partition coefficient (Wildman–Crippen LogP) is 2.61. The Balaban J connectivity index is 0.00000576. The monoisotopic (exact) mass is 465 g/mol. The van der Waals surface area contributed by atoms with Gasteiger partial charge in [0.1, 0.15) is 5.69 Å². The van der Waals surface area contributed by atoms with E-state index in [1.807, 2.05) is 13.8 Å². The van der Waals surface area contributed by atoms with Gasteiger partial charge in [0.25, 0.3) is 5.69 Å². The fraction of sp³-hybridized carbons (Fsp3) is 0.562. The van der Waals surface area contributed by atoms with E-state index in [1.165, 1.54) is 6.07 Å². The number of halogens is 1. The summed E-state index contributed by atoms with van der Waals surface area (Å²) in [4.78, 5) is 15.0. The van der Waals surface area contributed by atoms with Crippen molar-refractivity contribution in [3.8, 4) is 0 Å². The van der Waals surface area contributed by atoms with Gasteiger partial charge in [-0.1, -0.05) is 12.1 Å². The fourth-order valence-corrected chi connectivity index (χ4v) is 2.00. The van der Waals surface area contributed by atoms with Gasteiger partial charge >= 0.3 is 0 Å². The van der Waals surface area contributed by atoms with Crippen molar-refractivity contribution >= 4 is 41.3 Å². The second-order valence-corrected chi connectivity index (χ2v) is 4.94. The van der Waals surface area contributed by atoms with Crippen molar-refractivity contribution in [1.29, 1.82) is 0 Å². The molecule has 0 unspecified atom stereocenters. The summed E-state index contributed by atoms with van der Waals surface area (Å²) in [5.41, 5.74) is 0.594. The van der Waals surface area contributed by atoms with Crippen molar-refractivity contribution in [2.75, 3.05) is 44.7 Å². The molecule has 1 aromatic rings. The number of benzene rings is 1. The minimum absolute atomic E-state index is 0. The van der Waals surface area contributed by atoms with E-state index in [2.05, 4.69) is 20.9 Å². The molecule has 0 spiro atoms. The van der Waals surface area contributed by atoms with E-state index in [9.17, 15) is 10.1 Å². The fourth-order valence-electron chi connectivity index (χ4n) is 2.00. The second-order valence-electron chi connectivity index (χ2n) is 4.94. The first-order valence-electron chi connectivity index (χ1n) is 8.26. The van der Waals surface area contributed by atoms with Crippen LogP contribution in [0, 0.1) is 10.1 Å². The molecule has 1 aromatic carbocycles. The Hall–Kier alpha value is -1.62. The first kappa shape index (κ1) is 23.4. The van der Waals surface area contributed by atoms with Crippen LogP contribution in [0.5, 0.6) is 0 Å². The maximum atomic E-state index is 11.0. The highest BCUT2D eigenvalue weighted by molar-refractivity contribution is 14.0. The van der Waals surface area contributed by atoms with Gasteiger partial charge in [0, 0.05) is 45.5 Å². The van der Waals surface area contributed by atoms with Gasteiger partial charge in [-0.25, -0.2) is 0 Å². The smallest absolute Gasteiger partial charge is 0.292 e. The summed E-state index contributed by atoms with van der Waals surface area (Å²) in [5, 5.41) is 20.4. The molecule has 0 saturated carbocycles. The maximum absolute atomic E-state index is 11.0. The minimum atomic E-state index is -0.389. The summed E-state index contributed by atoms with van der Waals surface area (Å²) in [6, 6.07) is 6.61. The molecule has 0 atom stereocenters. The van der Waals surface area contributed by atoms with Gasteiger partial charge < -0.3 is 20.7 Å². The van der Waals surface area contributed by atoms with Crippen LogP contribution in [-0.2, 0) is 4.74 Å².